The van der Waals surface area contributed by atoms with Gasteiger partial charge >= 0.3 is 6.01 Å². The van der Waals surface area contributed by atoms with E-state index in [9.17, 15) is 9.50 Å². The van der Waals surface area contributed by atoms with Gasteiger partial charge in [0, 0.05) is 37.0 Å². The molecule has 234 valence electrons. The summed E-state index contributed by atoms with van der Waals surface area (Å²) in [6.45, 7) is 7.90. The molecule has 7 rings (SSSR count). The van der Waals surface area contributed by atoms with E-state index in [-0.39, 0.29) is 39.6 Å². The van der Waals surface area contributed by atoms with Crippen LogP contribution in [0.25, 0.3) is 32.9 Å². The molecule has 2 aromatic carbocycles. The Kier molecular flexibility index (Phi) is 7.70. The van der Waals surface area contributed by atoms with Crippen molar-refractivity contribution >= 4 is 27.5 Å². The predicted molar refractivity (Wildman–Crippen MR) is 172 cm³/mol. The highest BCUT2D eigenvalue weighted by Gasteiger charge is 2.45. The third kappa shape index (κ3) is 5.12. The van der Waals surface area contributed by atoms with E-state index in [2.05, 4.69) is 39.6 Å². The van der Waals surface area contributed by atoms with Gasteiger partial charge in [-0.05, 0) is 82.4 Å². The number of nitrogens with zero attached hydrogens (tertiary/aromatic N) is 6. The minimum Gasteiger partial charge on any atom is -0.508 e. The number of phenolic OH excluding ortho intramolecular Hbond substituents is 1. The van der Waals surface area contributed by atoms with Crippen molar-refractivity contribution in [3.63, 3.8) is 0 Å². The first-order valence-electron chi connectivity index (χ1n) is 16.0. The second-order valence-electron chi connectivity index (χ2n) is 12.7. The average Bonchev–Trinajstić information content (AvgIpc) is 3.62. The Morgan fingerprint density at radius 3 is 2.62 bits per heavy atom. The molecule has 3 aliphatic heterocycles. The Morgan fingerprint density at radius 2 is 1.87 bits per heavy atom. The number of hydrogen-bond acceptors (Lipinski definition) is 8. The first-order chi connectivity index (χ1) is 21.8. The molecule has 0 atom stereocenters. The van der Waals surface area contributed by atoms with Crippen LogP contribution in [0, 0.1) is 24.0 Å². The number of benzene rings is 2. The molecule has 0 unspecified atom stereocenters. The molecule has 45 heavy (non-hydrogen) atoms. The van der Waals surface area contributed by atoms with E-state index >= 15 is 4.39 Å². The number of phenols is 1. The summed E-state index contributed by atoms with van der Waals surface area (Å²) in [5.74, 6) is 1.64. The molecule has 3 aliphatic rings. The first kappa shape index (κ1) is 29.6. The van der Waals surface area contributed by atoms with E-state index in [1.165, 1.54) is 24.3 Å². The maximum Gasteiger partial charge on any atom is 0.319 e. The fourth-order valence-electron chi connectivity index (χ4n) is 7.62. The largest absolute Gasteiger partial charge is 0.508 e. The van der Waals surface area contributed by atoms with Crippen LogP contribution in [0.5, 0.6) is 11.8 Å². The molecule has 8 nitrogen and oxygen atoms in total. The van der Waals surface area contributed by atoms with Crippen LogP contribution in [0.3, 0.4) is 0 Å². The highest BCUT2D eigenvalue weighted by atomic mass is 19.1. The number of pyridine rings is 1. The zero-order chi connectivity index (χ0) is 31.3. The number of anilines is 1. The zero-order valence-electron chi connectivity index (χ0n) is 25.9. The molecule has 1 N–H and O–H groups in total. The van der Waals surface area contributed by atoms with Crippen LogP contribution in [-0.4, -0.2) is 88.3 Å². The SMILES string of the molecule is C#Cc1c(F)ccc2cc(O)cc(-c3nc4c5c(nc(OCC67CCCN6CCC7)nc5c3F)N(CCN(C)CCC)CC4)c12. The number of fused-ring (bicyclic) bond motifs is 2. The van der Waals surface area contributed by atoms with E-state index in [0.29, 0.717) is 53.8 Å². The molecule has 2 fully saturated rings. The number of rotatable bonds is 9. The molecular weight excluding hydrogens is 574 g/mol. The van der Waals surface area contributed by atoms with Gasteiger partial charge in [0.15, 0.2) is 5.82 Å². The number of ether oxygens (including phenoxy) is 1. The third-order valence-electron chi connectivity index (χ3n) is 9.83. The molecular formula is C35H38F2N6O2. The molecule has 0 spiro atoms. The summed E-state index contributed by atoms with van der Waals surface area (Å²) < 4.78 is 38.1. The topological polar surface area (TPSA) is 77.8 Å². The summed E-state index contributed by atoms with van der Waals surface area (Å²) in [5.41, 5.74) is 0.886. The molecule has 0 saturated carbocycles. The van der Waals surface area contributed by atoms with Crippen molar-refractivity contribution in [2.75, 3.05) is 57.8 Å². The number of aromatic hydroxyl groups is 1. The summed E-state index contributed by atoms with van der Waals surface area (Å²) in [7, 11) is 2.10. The van der Waals surface area contributed by atoms with Crippen molar-refractivity contribution in [1.82, 2.24) is 24.8 Å². The first-order valence-corrected chi connectivity index (χ1v) is 16.0. The molecule has 0 amide bonds. The van der Waals surface area contributed by atoms with Crippen LogP contribution in [0.15, 0.2) is 24.3 Å². The van der Waals surface area contributed by atoms with Gasteiger partial charge in [-0.25, -0.2) is 13.8 Å². The van der Waals surface area contributed by atoms with Crippen LogP contribution in [0.1, 0.15) is 50.3 Å². The van der Waals surface area contributed by atoms with Gasteiger partial charge in [-0.3, -0.25) is 4.90 Å². The Labute approximate surface area is 262 Å². The van der Waals surface area contributed by atoms with E-state index in [4.69, 9.17) is 21.1 Å². The molecule has 2 saturated heterocycles. The highest BCUT2D eigenvalue weighted by molar-refractivity contribution is 6.03. The summed E-state index contributed by atoms with van der Waals surface area (Å²) in [5, 5.41) is 12.0. The number of aromatic nitrogens is 3. The van der Waals surface area contributed by atoms with Gasteiger partial charge in [-0.2, -0.15) is 9.97 Å². The van der Waals surface area contributed by atoms with Gasteiger partial charge in [0.25, 0.3) is 0 Å². The van der Waals surface area contributed by atoms with Gasteiger partial charge in [0.05, 0.1) is 22.2 Å². The van der Waals surface area contributed by atoms with E-state index in [1.807, 2.05) is 0 Å². The molecule has 0 bridgehead atoms. The van der Waals surface area contributed by atoms with Gasteiger partial charge in [0.2, 0.25) is 0 Å². The minimum atomic E-state index is -0.687. The van der Waals surface area contributed by atoms with Crippen LogP contribution in [0.2, 0.25) is 0 Å². The van der Waals surface area contributed by atoms with Crippen LogP contribution in [0.4, 0.5) is 14.6 Å². The van der Waals surface area contributed by atoms with E-state index in [1.54, 1.807) is 0 Å². The normalized spacial score (nSPS) is 17.4. The lowest BCUT2D eigenvalue weighted by Gasteiger charge is -2.33. The minimum absolute atomic E-state index is 0.0100. The van der Waals surface area contributed by atoms with Crippen molar-refractivity contribution in [3.8, 4) is 35.4 Å². The maximum absolute atomic E-state index is 16.9. The summed E-state index contributed by atoms with van der Waals surface area (Å²) in [4.78, 5) is 21.3. The monoisotopic (exact) mass is 612 g/mol. The maximum atomic E-state index is 16.9. The Hall–Kier alpha value is -4.07. The third-order valence-corrected chi connectivity index (χ3v) is 9.83. The molecule has 5 heterocycles. The van der Waals surface area contributed by atoms with Crippen LogP contribution < -0.4 is 9.64 Å². The molecule has 0 radical (unpaired) electrons. The van der Waals surface area contributed by atoms with Gasteiger partial charge in [-0.15, -0.1) is 6.42 Å². The number of halogens is 2. The van der Waals surface area contributed by atoms with Gasteiger partial charge in [0.1, 0.15) is 35.2 Å². The van der Waals surface area contributed by atoms with Crippen molar-refractivity contribution < 1.29 is 18.6 Å². The Morgan fingerprint density at radius 1 is 1.07 bits per heavy atom. The lowest BCUT2D eigenvalue weighted by Crippen LogP contribution is -2.43. The molecule has 2 aromatic heterocycles. The van der Waals surface area contributed by atoms with E-state index in [0.717, 1.165) is 58.3 Å². The molecule has 0 aliphatic carbocycles. The number of hydrogen-bond donors (Lipinski definition) is 1. The second kappa shape index (κ2) is 11.7. The Bertz CT molecular complexity index is 1830. The molecule has 4 aromatic rings. The fourth-order valence-corrected chi connectivity index (χ4v) is 7.62. The van der Waals surface area contributed by atoms with Crippen molar-refractivity contribution in [2.24, 2.45) is 0 Å². The fraction of sp³-hybridized carbons (Fsp3) is 0.457. The lowest BCUT2D eigenvalue weighted by atomic mass is 9.95. The van der Waals surface area contributed by atoms with E-state index < -0.39 is 11.6 Å². The standard InChI is InChI=1S/C35H38F2N6O2/c1-4-13-41(3)17-18-42-16-10-27-29-32(39-34(40-33(29)42)45-21-35-11-6-14-43(35)15-7-12-35)30(37)31(38-27)25-20-23(44)19-22-8-9-26(36)24(5-2)28(22)25/h2,8-9,19-20,44H,4,6-7,10-18,21H2,1,3H3. The summed E-state index contributed by atoms with van der Waals surface area (Å²) in [6.07, 6.45) is 11.7. The number of likely N-dealkylation sites (N-methyl/N-ethyl adjacent to an activating group) is 1. The average molecular weight is 613 g/mol. The van der Waals surface area contributed by atoms with Crippen LogP contribution in [-0.2, 0) is 6.42 Å². The van der Waals surface area contributed by atoms with Crippen molar-refractivity contribution in [2.45, 2.75) is 51.0 Å². The number of terminal acetylenes is 1. The van der Waals surface area contributed by atoms with Gasteiger partial charge in [-0.1, -0.05) is 18.9 Å². The summed E-state index contributed by atoms with van der Waals surface area (Å²) >= 11 is 0. The highest BCUT2D eigenvalue weighted by Crippen LogP contribution is 2.42. The molecule has 10 heteroatoms. The predicted octanol–water partition coefficient (Wildman–Crippen LogP) is 5.52. The second-order valence-corrected chi connectivity index (χ2v) is 12.7. The van der Waals surface area contributed by atoms with Gasteiger partial charge < -0.3 is 19.6 Å². The quantitative estimate of drug-likeness (QED) is 0.248. The Balaban J connectivity index is 1.38. The smallest absolute Gasteiger partial charge is 0.319 e. The van der Waals surface area contributed by atoms with Crippen molar-refractivity contribution in [1.29, 1.82) is 0 Å². The summed E-state index contributed by atoms with van der Waals surface area (Å²) in [6, 6.07) is 5.78. The van der Waals surface area contributed by atoms with Crippen LogP contribution >= 0.6 is 0 Å². The zero-order valence-corrected chi connectivity index (χ0v) is 25.9. The lowest BCUT2D eigenvalue weighted by molar-refractivity contribution is 0.108. The van der Waals surface area contributed by atoms with Crippen molar-refractivity contribution in [3.05, 3.63) is 47.2 Å².